The van der Waals surface area contributed by atoms with E-state index in [4.69, 9.17) is 0 Å². The zero-order valence-corrected chi connectivity index (χ0v) is 14.6. The van der Waals surface area contributed by atoms with E-state index in [1.54, 1.807) is 10.4 Å². The zero-order valence-electron chi connectivity index (χ0n) is 13.0. The van der Waals surface area contributed by atoms with Crippen molar-refractivity contribution in [3.05, 3.63) is 28.8 Å². The van der Waals surface area contributed by atoms with Crippen LogP contribution in [0, 0.1) is 13.8 Å². The van der Waals surface area contributed by atoms with Gasteiger partial charge >= 0.3 is 0 Å². The predicted octanol–water partition coefficient (Wildman–Crippen LogP) is 2.31. The van der Waals surface area contributed by atoms with Crippen molar-refractivity contribution in [3.63, 3.8) is 0 Å². The third-order valence-electron chi connectivity index (χ3n) is 4.27. The van der Waals surface area contributed by atoms with E-state index in [-0.39, 0.29) is 17.9 Å². The average molecular weight is 329 g/mol. The van der Waals surface area contributed by atoms with Gasteiger partial charge in [0.15, 0.2) is 0 Å². The summed E-state index contributed by atoms with van der Waals surface area (Å²) in [5.41, 5.74) is 2.31. The van der Waals surface area contributed by atoms with Crippen LogP contribution >= 0.6 is 11.8 Å². The molecule has 0 saturated carbocycles. The minimum Gasteiger partial charge on any atom is -0.392 e. The monoisotopic (exact) mass is 329 g/mol. The van der Waals surface area contributed by atoms with E-state index in [2.05, 4.69) is 6.92 Å². The summed E-state index contributed by atoms with van der Waals surface area (Å²) < 4.78 is 27.6. The molecular weight excluding hydrogens is 306 g/mol. The molecule has 1 aliphatic rings. The third kappa shape index (κ3) is 3.13. The molecule has 1 fully saturated rings. The Morgan fingerprint density at radius 2 is 2.00 bits per heavy atom. The van der Waals surface area contributed by atoms with Gasteiger partial charge in [0.05, 0.1) is 11.5 Å². The molecule has 1 heterocycles. The lowest BCUT2D eigenvalue weighted by molar-refractivity contribution is 0.281. The second kappa shape index (κ2) is 6.28. The largest absolute Gasteiger partial charge is 0.392 e. The molecule has 0 aromatic heterocycles. The Morgan fingerprint density at radius 1 is 1.33 bits per heavy atom. The summed E-state index contributed by atoms with van der Waals surface area (Å²) in [6.07, 6.45) is 0. The topological polar surface area (TPSA) is 57.6 Å². The molecule has 2 atom stereocenters. The molecule has 6 heteroatoms. The first kappa shape index (κ1) is 16.8. The molecule has 2 rings (SSSR count). The van der Waals surface area contributed by atoms with Crippen LogP contribution in [0.5, 0.6) is 0 Å². The van der Waals surface area contributed by atoms with Gasteiger partial charge in [-0.1, -0.05) is 13.0 Å². The van der Waals surface area contributed by atoms with Crippen LogP contribution in [0.1, 0.15) is 30.5 Å². The number of aliphatic hydroxyl groups is 1. The average Bonchev–Trinajstić information content (AvgIpc) is 2.44. The van der Waals surface area contributed by atoms with Gasteiger partial charge in [0.25, 0.3) is 0 Å². The van der Waals surface area contributed by atoms with E-state index >= 15 is 0 Å². The standard InChI is InChI=1S/C15H23NO3S2/c1-10-7-14(9-17)8-15(11(10)2)21(18,19)16-5-6-20-13(4)12(16)3/h7-8,12-13,17H,5-6,9H2,1-4H3. The maximum Gasteiger partial charge on any atom is 0.243 e. The highest BCUT2D eigenvalue weighted by Gasteiger charge is 2.35. The van der Waals surface area contributed by atoms with Crippen LogP contribution in [0.25, 0.3) is 0 Å². The molecule has 0 spiro atoms. The molecule has 1 aromatic rings. The fourth-order valence-electron chi connectivity index (χ4n) is 2.63. The number of aryl methyl sites for hydroxylation is 1. The second-order valence-corrected chi connectivity index (χ2v) is 8.97. The quantitative estimate of drug-likeness (QED) is 0.924. The van der Waals surface area contributed by atoms with E-state index in [1.807, 2.05) is 38.6 Å². The number of hydrogen-bond acceptors (Lipinski definition) is 4. The van der Waals surface area contributed by atoms with Crippen LogP contribution in [-0.2, 0) is 16.6 Å². The van der Waals surface area contributed by atoms with Gasteiger partial charge in [-0.25, -0.2) is 8.42 Å². The highest BCUT2D eigenvalue weighted by Crippen LogP contribution is 2.31. The molecular formula is C15H23NO3S2. The summed E-state index contributed by atoms with van der Waals surface area (Å²) in [6, 6.07) is 3.43. The highest BCUT2D eigenvalue weighted by molar-refractivity contribution is 8.00. The number of benzene rings is 1. The van der Waals surface area contributed by atoms with E-state index in [0.29, 0.717) is 17.0 Å². The Morgan fingerprint density at radius 3 is 2.62 bits per heavy atom. The van der Waals surface area contributed by atoms with Gasteiger partial charge in [0.2, 0.25) is 10.0 Å². The maximum atomic E-state index is 13.0. The summed E-state index contributed by atoms with van der Waals surface area (Å²) in [4.78, 5) is 0.331. The van der Waals surface area contributed by atoms with Crippen molar-refractivity contribution in [1.29, 1.82) is 0 Å². The molecule has 0 bridgehead atoms. The number of aliphatic hydroxyl groups excluding tert-OH is 1. The molecule has 4 nitrogen and oxygen atoms in total. The summed E-state index contributed by atoms with van der Waals surface area (Å²) in [6.45, 7) is 8.14. The third-order valence-corrected chi connectivity index (χ3v) is 7.73. The van der Waals surface area contributed by atoms with Gasteiger partial charge in [-0.05, 0) is 43.5 Å². The van der Waals surface area contributed by atoms with Crippen LogP contribution in [0.4, 0.5) is 0 Å². The molecule has 0 radical (unpaired) electrons. The molecule has 118 valence electrons. The van der Waals surface area contributed by atoms with Crippen molar-refractivity contribution in [2.24, 2.45) is 0 Å². The van der Waals surface area contributed by atoms with E-state index in [9.17, 15) is 13.5 Å². The van der Waals surface area contributed by atoms with Crippen molar-refractivity contribution in [1.82, 2.24) is 4.31 Å². The van der Waals surface area contributed by atoms with Gasteiger partial charge in [-0.3, -0.25) is 0 Å². The Balaban J connectivity index is 2.51. The lowest BCUT2D eigenvalue weighted by Gasteiger charge is -2.36. The molecule has 21 heavy (non-hydrogen) atoms. The number of rotatable bonds is 3. The molecule has 1 aromatic carbocycles. The maximum absolute atomic E-state index is 13.0. The molecule has 1 saturated heterocycles. The summed E-state index contributed by atoms with van der Waals surface area (Å²) in [7, 11) is -3.52. The molecule has 1 N–H and O–H groups in total. The van der Waals surface area contributed by atoms with Crippen molar-refractivity contribution in [2.45, 2.75) is 50.5 Å². The number of nitrogens with zero attached hydrogens (tertiary/aromatic N) is 1. The fourth-order valence-corrected chi connectivity index (χ4v) is 5.97. The van der Waals surface area contributed by atoms with Crippen LogP contribution in [0.15, 0.2) is 17.0 Å². The Kier molecular flexibility index (Phi) is 5.03. The normalized spacial score (nSPS) is 24.2. The predicted molar refractivity (Wildman–Crippen MR) is 87.1 cm³/mol. The smallest absolute Gasteiger partial charge is 0.243 e. The number of hydrogen-bond donors (Lipinski definition) is 1. The lowest BCUT2D eigenvalue weighted by atomic mass is 10.1. The van der Waals surface area contributed by atoms with Crippen LogP contribution in [-0.4, -0.2) is 41.4 Å². The Bertz CT molecular complexity index is 628. The first-order valence-electron chi connectivity index (χ1n) is 7.13. The first-order valence-corrected chi connectivity index (χ1v) is 9.62. The van der Waals surface area contributed by atoms with Crippen LogP contribution < -0.4 is 0 Å². The van der Waals surface area contributed by atoms with Crippen molar-refractivity contribution >= 4 is 21.8 Å². The number of sulfonamides is 1. The molecule has 2 unspecified atom stereocenters. The van der Waals surface area contributed by atoms with Gasteiger partial charge in [0.1, 0.15) is 0 Å². The Labute approximate surface area is 131 Å². The summed E-state index contributed by atoms with van der Waals surface area (Å²) >= 11 is 1.81. The summed E-state index contributed by atoms with van der Waals surface area (Å²) in [5, 5.41) is 9.62. The van der Waals surface area contributed by atoms with Crippen molar-refractivity contribution in [3.8, 4) is 0 Å². The fraction of sp³-hybridized carbons (Fsp3) is 0.600. The van der Waals surface area contributed by atoms with E-state index < -0.39 is 10.0 Å². The van der Waals surface area contributed by atoms with Gasteiger partial charge in [-0.2, -0.15) is 16.1 Å². The molecule has 0 aliphatic carbocycles. The van der Waals surface area contributed by atoms with E-state index in [1.165, 1.54) is 0 Å². The Hall–Kier alpha value is -0.560. The second-order valence-electron chi connectivity index (χ2n) is 5.63. The van der Waals surface area contributed by atoms with Crippen LogP contribution in [0.2, 0.25) is 0 Å². The van der Waals surface area contributed by atoms with Gasteiger partial charge in [-0.15, -0.1) is 0 Å². The van der Waals surface area contributed by atoms with Crippen molar-refractivity contribution < 1.29 is 13.5 Å². The number of thioether (sulfide) groups is 1. The SMILES string of the molecule is Cc1cc(CO)cc(S(=O)(=O)N2CCSC(C)C2C)c1C. The minimum atomic E-state index is -3.52. The lowest BCUT2D eigenvalue weighted by Crippen LogP contribution is -2.48. The molecule has 0 amide bonds. The van der Waals surface area contributed by atoms with E-state index in [0.717, 1.165) is 16.9 Å². The zero-order chi connectivity index (χ0) is 15.8. The van der Waals surface area contributed by atoms with Gasteiger partial charge in [0, 0.05) is 23.6 Å². The minimum absolute atomic E-state index is 0.0220. The van der Waals surface area contributed by atoms with Crippen LogP contribution in [0.3, 0.4) is 0 Å². The summed E-state index contributed by atoms with van der Waals surface area (Å²) in [5.74, 6) is 0.822. The van der Waals surface area contributed by atoms with Gasteiger partial charge < -0.3 is 5.11 Å². The highest BCUT2D eigenvalue weighted by atomic mass is 32.2. The molecule has 1 aliphatic heterocycles. The van der Waals surface area contributed by atoms with Crippen molar-refractivity contribution in [2.75, 3.05) is 12.3 Å². The first-order chi connectivity index (χ1) is 9.78.